The van der Waals surface area contributed by atoms with E-state index >= 15 is 0 Å². The molecule has 1 aromatic heterocycles. The lowest BCUT2D eigenvalue weighted by molar-refractivity contribution is 0.908. The van der Waals surface area contributed by atoms with Crippen LogP contribution < -0.4 is 5.32 Å². The van der Waals surface area contributed by atoms with Gasteiger partial charge >= 0.3 is 0 Å². The molecule has 2 aromatic rings. The molecule has 0 saturated heterocycles. The molecule has 1 atom stereocenters. The molecule has 0 saturated carbocycles. The molecular weight excluding hydrogens is 282 g/mol. The summed E-state index contributed by atoms with van der Waals surface area (Å²) in [6, 6.07) is 13.1. The summed E-state index contributed by atoms with van der Waals surface area (Å²) in [6.07, 6.45) is 0. The summed E-state index contributed by atoms with van der Waals surface area (Å²) in [5.41, 5.74) is 2.46. The molecule has 0 bridgehead atoms. The van der Waals surface area contributed by atoms with Crippen molar-refractivity contribution >= 4 is 33.0 Å². The number of hydrogen-bond acceptors (Lipinski definition) is 2. The zero-order chi connectivity index (χ0) is 11.5. The van der Waals surface area contributed by atoms with E-state index in [1.54, 1.807) is 11.3 Å². The number of rotatable bonds is 3. The van der Waals surface area contributed by atoms with Crippen LogP contribution in [0.3, 0.4) is 0 Å². The fourth-order valence-corrected chi connectivity index (χ4v) is 2.96. The molecule has 0 amide bonds. The number of aryl methyl sites for hydroxylation is 1. The van der Waals surface area contributed by atoms with E-state index in [2.05, 4.69) is 71.5 Å². The fraction of sp³-hybridized carbons (Fsp3) is 0.231. The van der Waals surface area contributed by atoms with Crippen molar-refractivity contribution in [2.24, 2.45) is 0 Å². The largest absolute Gasteiger partial charge is 0.378 e. The molecule has 1 aromatic carbocycles. The van der Waals surface area contributed by atoms with Crippen molar-refractivity contribution in [3.8, 4) is 0 Å². The van der Waals surface area contributed by atoms with Gasteiger partial charge in [-0.05, 0) is 54.0 Å². The van der Waals surface area contributed by atoms with Gasteiger partial charge < -0.3 is 5.32 Å². The van der Waals surface area contributed by atoms with Crippen LogP contribution in [-0.2, 0) is 0 Å². The molecule has 0 aliphatic heterocycles. The van der Waals surface area contributed by atoms with Gasteiger partial charge in [0.1, 0.15) is 0 Å². The summed E-state index contributed by atoms with van der Waals surface area (Å²) in [4.78, 5) is 1.34. The number of hydrogen-bond donors (Lipinski definition) is 1. The van der Waals surface area contributed by atoms with Crippen molar-refractivity contribution in [2.45, 2.75) is 19.9 Å². The van der Waals surface area contributed by atoms with Crippen LogP contribution in [0.5, 0.6) is 0 Å². The van der Waals surface area contributed by atoms with Gasteiger partial charge in [0.25, 0.3) is 0 Å². The highest BCUT2D eigenvalue weighted by Crippen LogP contribution is 2.29. The molecule has 1 unspecified atom stereocenters. The summed E-state index contributed by atoms with van der Waals surface area (Å²) in [6.45, 7) is 4.28. The molecule has 16 heavy (non-hydrogen) atoms. The summed E-state index contributed by atoms with van der Waals surface area (Å²) in [5, 5.41) is 3.49. The van der Waals surface area contributed by atoms with Crippen molar-refractivity contribution in [2.75, 3.05) is 5.32 Å². The molecule has 2 rings (SSSR count). The molecule has 1 N–H and O–H groups in total. The molecule has 1 nitrogen and oxygen atoms in total. The quantitative estimate of drug-likeness (QED) is 0.841. The number of thiophene rings is 1. The summed E-state index contributed by atoms with van der Waals surface area (Å²) in [5.74, 6) is 0. The lowest BCUT2D eigenvalue weighted by atomic mass is 10.2. The predicted octanol–water partition coefficient (Wildman–Crippen LogP) is 4.99. The summed E-state index contributed by atoms with van der Waals surface area (Å²) in [7, 11) is 0. The second kappa shape index (κ2) is 5.02. The first-order valence-corrected chi connectivity index (χ1v) is 6.84. The van der Waals surface area contributed by atoms with E-state index in [9.17, 15) is 0 Å². The minimum Gasteiger partial charge on any atom is -0.378 e. The van der Waals surface area contributed by atoms with Crippen molar-refractivity contribution in [1.82, 2.24) is 0 Å². The van der Waals surface area contributed by atoms with Crippen LogP contribution in [0, 0.1) is 6.92 Å². The lowest BCUT2D eigenvalue weighted by Crippen LogP contribution is -2.04. The molecule has 0 fully saturated rings. The second-order valence-corrected chi connectivity index (χ2v) is 6.37. The topological polar surface area (TPSA) is 12.0 Å². The smallest absolute Gasteiger partial charge is 0.0702 e. The predicted molar refractivity (Wildman–Crippen MR) is 75.2 cm³/mol. The van der Waals surface area contributed by atoms with E-state index in [4.69, 9.17) is 0 Å². The first kappa shape index (κ1) is 11.7. The third kappa shape index (κ3) is 2.86. The minimum absolute atomic E-state index is 0.346. The average Bonchev–Trinajstić information content (AvgIpc) is 2.68. The van der Waals surface area contributed by atoms with E-state index in [1.807, 2.05) is 0 Å². The van der Waals surface area contributed by atoms with Gasteiger partial charge in [-0.1, -0.05) is 17.7 Å². The van der Waals surface area contributed by atoms with Gasteiger partial charge in [0, 0.05) is 10.6 Å². The van der Waals surface area contributed by atoms with E-state index in [1.165, 1.54) is 19.9 Å². The van der Waals surface area contributed by atoms with Crippen LogP contribution in [-0.4, -0.2) is 0 Å². The molecule has 84 valence electrons. The molecule has 0 radical (unpaired) electrons. The van der Waals surface area contributed by atoms with E-state index in [-0.39, 0.29) is 0 Å². The third-order valence-electron chi connectivity index (χ3n) is 2.46. The van der Waals surface area contributed by atoms with Crippen LogP contribution in [0.25, 0.3) is 0 Å². The maximum Gasteiger partial charge on any atom is 0.0702 e. The highest BCUT2D eigenvalue weighted by atomic mass is 79.9. The standard InChI is InChI=1S/C13H14BrNS/c1-9-3-5-11(6-4-9)15-10(2)12-7-8-13(14)16-12/h3-8,10,15H,1-2H3. The van der Waals surface area contributed by atoms with Gasteiger partial charge in [0.15, 0.2) is 0 Å². The molecular formula is C13H14BrNS. The van der Waals surface area contributed by atoms with Crippen LogP contribution in [0.4, 0.5) is 5.69 Å². The maximum atomic E-state index is 3.49. The van der Waals surface area contributed by atoms with Crippen LogP contribution in [0.15, 0.2) is 40.2 Å². The molecule has 0 spiro atoms. The minimum atomic E-state index is 0.346. The number of halogens is 1. The molecule has 0 aliphatic rings. The Morgan fingerprint density at radius 3 is 2.38 bits per heavy atom. The summed E-state index contributed by atoms with van der Waals surface area (Å²) < 4.78 is 1.18. The van der Waals surface area contributed by atoms with E-state index in [0.717, 1.165) is 0 Å². The zero-order valence-electron chi connectivity index (χ0n) is 9.33. The van der Waals surface area contributed by atoms with Crippen molar-refractivity contribution in [3.05, 3.63) is 50.6 Å². The number of anilines is 1. The van der Waals surface area contributed by atoms with Gasteiger partial charge in [0.05, 0.1) is 9.83 Å². The highest BCUT2D eigenvalue weighted by Gasteiger charge is 2.07. The number of benzene rings is 1. The SMILES string of the molecule is Cc1ccc(NC(C)c2ccc(Br)s2)cc1. The Labute approximate surface area is 109 Å². The zero-order valence-corrected chi connectivity index (χ0v) is 11.7. The Balaban J connectivity index is 2.07. The Morgan fingerprint density at radius 2 is 1.81 bits per heavy atom. The Hall–Kier alpha value is -0.800. The Bertz CT molecular complexity index is 461. The Morgan fingerprint density at radius 1 is 1.12 bits per heavy atom. The lowest BCUT2D eigenvalue weighted by Gasteiger charge is -2.13. The first-order chi connectivity index (χ1) is 7.65. The monoisotopic (exact) mass is 295 g/mol. The number of nitrogens with one attached hydrogen (secondary N) is 1. The molecule has 3 heteroatoms. The van der Waals surface area contributed by atoms with Gasteiger partial charge in [-0.25, -0.2) is 0 Å². The second-order valence-electron chi connectivity index (χ2n) is 3.87. The van der Waals surface area contributed by atoms with E-state index < -0.39 is 0 Å². The van der Waals surface area contributed by atoms with Crippen molar-refractivity contribution in [1.29, 1.82) is 0 Å². The van der Waals surface area contributed by atoms with E-state index in [0.29, 0.717) is 6.04 Å². The van der Waals surface area contributed by atoms with Crippen LogP contribution in [0.2, 0.25) is 0 Å². The highest BCUT2D eigenvalue weighted by molar-refractivity contribution is 9.11. The Kier molecular flexibility index (Phi) is 3.66. The third-order valence-corrected chi connectivity index (χ3v) is 4.26. The van der Waals surface area contributed by atoms with Gasteiger partial charge in [-0.15, -0.1) is 11.3 Å². The maximum absolute atomic E-state index is 3.49. The van der Waals surface area contributed by atoms with Gasteiger partial charge in [-0.2, -0.15) is 0 Å². The molecule has 0 aliphatic carbocycles. The van der Waals surface area contributed by atoms with Crippen LogP contribution >= 0.6 is 27.3 Å². The van der Waals surface area contributed by atoms with Crippen molar-refractivity contribution in [3.63, 3.8) is 0 Å². The first-order valence-electron chi connectivity index (χ1n) is 5.23. The van der Waals surface area contributed by atoms with Crippen molar-refractivity contribution < 1.29 is 0 Å². The van der Waals surface area contributed by atoms with Gasteiger partial charge in [0.2, 0.25) is 0 Å². The average molecular weight is 296 g/mol. The van der Waals surface area contributed by atoms with Gasteiger partial charge in [-0.3, -0.25) is 0 Å². The molecule has 1 heterocycles. The van der Waals surface area contributed by atoms with Crippen LogP contribution in [0.1, 0.15) is 23.4 Å². The normalized spacial score (nSPS) is 12.4. The summed E-state index contributed by atoms with van der Waals surface area (Å²) >= 11 is 5.26. The fourth-order valence-electron chi connectivity index (χ4n) is 1.53.